The minimum Gasteiger partial charge on any atom is -0.383 e. The fourth-order valence-corrected chi connectivity index (χ4v) is 4.21. The summed E-state index contributed by atoms with van der Waals surface area (Å²) >= 11 is 6.25. The van der Waals surface area contributed by atoms with Crippen LogP contribution in [0.2, 0.25) is 5.02 Å². The van der Waals surface area contributed by atoms with Gasteiger partial charge < -0.3 is 16.4 Å². The van der Waals surface area contributed by atoms with Crippen molar-refractivity contribution in [1.29, 1.82) is 0 Å². The first-order valence-corrected chi connectivity index (χ1v) is 10.0. The Hall–Kier alpha value is -3.38. The molecule has 0 radical (unpaired) electrons. The molecule has 6 nitrogen and oxygen atoms in total. The molecule has 4 rings (SSSR count). The Bertz CT molecular complexity index is 1130. The molecule has 0 spiro atoms. The van der Waals surface area contributed by atoms with Crippen LogP contribution in [0.4, 0.5) is 5.82 Å². The Kier molecular flexibility index (Phi) is 5.42. The number of rotatable bonds is 5. The number of benzene rings is 2. The molecular weight excluding hydrogens is 400 g/mol. The second-order valence-electron chi connectivity index (χ2n) is 7.29. The molecule has 4 N–H and O–H groups in total. The SMILES string of the molecule is NC(=O)c1ccccc1CN(C(=O)c1cccnc1N)[C@@H]1CCc2ccc(Cl)cc21. The zero-order chi connectivity index (χ0) is 21.3. The van der Waals surface area contributed by atoms with Gasteiger partial charge in [0.2, 0.25) is 5.91 Å². The summed E-state index contributed by atoms with van der Waals surface area (Å²) in [6, 6.07) is 15.9. The molecule has 0 unspecified atom stereocenters. The Morgan fingerprint density at radius 2 is 1.87 bits per heavy atom. The normalized spacial score (nSPS) is 14.9. The van der Waals surface area contributed by atoms with E-state index in [1.165, 1.54) is 0 Å². The first-order chi connectivity index (χ1) is 14.5. The average Bonchev–Trinajstić information content (AvgIpc) is 3.15. The number of hydrogen-bond acceptors (Lipinski definition) is 4. The second-order valence-corrected chi connectivity index (χ2v) is 7.72. The molecule has 2 amide bonds. The summed E-state index contributed by atoms with van der Waals surface area (Å²) in [6.07, 6.45) is 3.13. The Morgan fingerprint density at radius 3 is 2.63 bits per heavy atom. The van der Waals surface area contributed by atoms with E-state index in [0.717, 1.165) is 24.0 Å². The molecule has 0 aliphatic heterocycles. The van der Waals surface area contributed by atoms with E-state index in [1.807, 2.05) is 24.3 Å². The van der Waals surface area contributed by atoms with Gasteiger partial charge in [0.1, 0.15) is 5.82 Å². The number of primary amides is 1. The van der Waals surface area contributed by atoms with Crippen LogP contribution >= 0.6 is 11.6 Å². The van der Waals surface area contributed by atoms with E-state index < -0.39 is 5.91 Å². The molecular formula is C23H21ClN4O2. The van der Waals surface area contributed by atoms with Crippen LogP contribution in [0.1, 0.15) is 49.9 Å². The number of nitrogens with zero attached hydrogens (tertiary/aromatic N) is 2. The van der Waals surface area contributed by atoms with Gasteiger partial charge in [-0.2, -0.15) is 0 Å². The summed E-state index contributed by atoms with van der Waals surface area (Å²) in [5.74, 6) is -0.619. The van der Waals surface area contributed by atoms with E-state index in [-0.39, 0.29) is 24.3 Å². The number of anilines is 1. The second kappa shape index (κ2) is 8.16. The van der Waals surface area contributed by atoms with Gasteiger partial charge in [-0.3, -0.25) is 9.59 Å². The largest absolute Gasteiger partial charge is 0.383 e. The first-order valence-electron chi connectivity index (χ1n) is 9.63. The molecule has 0 saturated carbocycles. The highest BCUT2D eigenvalue weighted by atomic mass is 35.5. The molecule has 2 aromatic carbocycles. The maximum Gasteiger partial charge on any atom is 0.258 e. The van der Waals surface area contributed by atoms with Crippen LogP contribution in [0.15, 0.2) is 60.8 Å². The molecule has 0 saturated heterocycles. The van der Waals surface area contributed by atoms with Crippen LogP contribution < -0.4 is 11.5 Å². The predicted octanol–water partition coefficient (Wildman–Crippen LogP) is 3.75. The van der Waals surface area contributed by atoms with Gasteiger partial charge in [0, 0.05) is 23.3 Å². The van der Waals surface area contributed by atoms with Gasteiger partial charge >= 0.3 is 0 Å². The number of aryl methyl sites for hydroxylation is 1. The van der Waals surface area contributed by atoms with Crippen molar-refractivity contribution in [3.05, 3.63) is 93.6 Å². The van der Waals surface area contributed by atoms with Crippen LogP contribution in [0.3, 0.4) is 0 Å². The Labute approximate surface area is 179 Å². The van der Waals surface area contributed by atoms with Crippen molar-refractivity contribution in [2.45, 2.75) is 25.4 Å². The molecule has 30 heavy (non-hydrogen) atoms. The smallest absolute Gasteiger partial charge is 0.258 e. The van der Waals surface area contributed by atoms with Gasteiger partial charge in [0.25, 0.3) is 5.91 Å². The minimum absolute atomic E-state index is 0.167. The monoisotopic (exact) mass is 420 g/mol. The lowest BCUT2D eigenvalue weighted by Crippen LogP contribution is -2.35. The molecule has 1 aromatic heterocycles. The van der Waals surface area contributed by atoms with E-state index in [2.05, 4.69) is 4.98 Å². The Balaban J connectivity index is 1.79. The van der Waals surface area contributed by atoms with E-state index >= 15 is 0 Å². The van der Waals surface area contributed by atoms with Crippen LogP contribution in [0.25, 0.3) is 0 Å². The molecule has 7 heteroatoms. The van der Waals surface area contributed by atoms with Crippen LogP contribution in [0.5, 0.6) is 0 Å². The van der Waals surface area contributed by atoms with E-state index in [1.54, 1.807) is 41.4 Å². The number of pyridine rings is 1. The third kappa shape index (κ3) is 3.74. The molecule has 1 aliphatic rings. The summed E-state index contributed by atoms with van der Waals surface area (Å²) in [6.45, 7) is 0.211. The Morgan fingerprint density at radius 1 is 1.10 bits per heavy atom. The fraction of sp³-hybridized carbons (Fsp3) is 0.174. The maximum absolute atomic E-state index is 13.6. The molecule has 1 heterocycles. The topological polar surface area (TPSA) is 102 Å². The van der Waals surface area contributed by atoms with Crippen molar-refractivity contribution < 1.29 is 9.59 Å². The number of carbonyl (C=O) groups is 2. The zero-order valence-electron chi connectivity index (χ0n) is 16.2. The summed E-state index contributed by atoms with van der Waals surface area (Å²) in [7, 11) is 0. The van der Waals surface area contributed by atoms with E-state index in [0.29, 0.717) is 21.7 Å². The zero-order valence-corrected chi connectivity index (χ0v) is 17.0. The predicted molar refractivity (Wildman–Crippen MR) is 116 cm³/mol. The molecule has 1 atom stereocenters. The average molecular weight is 421 g/mol. The quantitative estimate of drug-likeness (QED) is 0.656. The molecule has 3 aromatic rings. The number of nitrogen functional groups attached to an aromatic ring is 1. The van der Waals surface area contributed by atoms with Crippen molar-refractivity contribution in [2.24, 2.45) is 5.73 Å². The lowest BCUT2D eigenvalue weighted by molar-refractivity contribution is 0.0657. The lowest BCUT2D eigenvalue weighted by Gasteiger charge is -2.31. The molecule has 0 fully saturated rings. The number of aromatic nitrogens is 1. The fourth-order valence-electron chi connectivity index (χ4n) is 4.03. The summed E-state index contributed by atoms with van der Waals surface area (Å²) < 4.78 is 0. The standard InChI is InChI=1S/C23H21ClN4O2/c24-16-9-7-14-8-10-20(19(14)12-16)28(23(30)18-6-3-11-27-21(18)25)13-15-4-1-2-5-17(15)22(26)29/h1-7,9,11-12,20H,8,10,13H2,(H2,25,27)(H2,26,29)/t20-/m1/s1. The van der Waals surface area contributed by atoms with Crippen molar-refractivity contribution in [1.82, 2.24) is 9.88 Å². The lowest BCUT2D eigenvalue weighted by atomic mass is 10.0. The minimum atomic E-state index is -0.534. The van der Waals surface area contributed by atoms with Crippen molar-refractivity contribution in [2.75, 3.05) is 5.73 Å². The first kappa shape index (κ1) is 19.9. The van der Waals surface area contributed by atoms with E-state index in [4.69, 9.17) is 23.1 Å². The van der Waals surface area contributed by atoms with E-state index in [9.17, 15) is 9.59 Å². The van der Waals surface area contributed by atoms with Gasteiger partial charge in [0.05, 0.1) is 11.6 Å². The van der Waals surface area contributed by atoms with Crippen LogP contribution in [0, 0.1) is 0 Å². The van der Waals surface area contributed by atoms with Gasteiger partial charge in [-0.25, -0.2) is 4.98 Å². The molecule has 152 valence electrons. The third-order valence-electron chi connectivity index (χ3n) is 5.48. The van der Waals surface area contributed by atoms with Gasteiger partial charge in [0.15, 0.2) is 0 Å². The van der Waals surface area contributed by atoms with Gasteiger partial charge in [-0.05, 0) is 59.9 Å². The number of halogens is 1. The summed E-state index contributed by atoms with van der Waals surface area (Å²) in [4.78, 5) is 31.3. The summed E-state index contributed by atoms with van der Waals surface area (Å²) in [5.41, 5.74) is 15.1. The van der Waals surface area contributed by atoms with Crippen molar-refractivity contribution in [3.63, 3.8) is 0 Å². The number of carbonyl (C=O) groups excluding carboxylic acids is 2. The highest BCUT2D eigenvalue weighted by molar-refractivity contribution is 6.30. The van der Waals surface area contributed by atoms with Crippen LogP contribution in [-0.2, 0) is 13.0 Å². The summed E-state index contributed by atoms with van der Waals surface area (Å²) in [5, 5.41) is 0.617. The molecule has 1 aliphatic carbocycles. The number of hydrogen-bond donors (Lipinski definition) is 2. The highest BCUT2D eigenvalue weighted by Gasteiger charge is 2.33. The van der Waals surface area contributed by atoms with Crippen molar-refractivity contribution in [3.8, 4) is 0 Å². The van der Waals surface area contributed by atoms with Crippen molar-refractivity contribution >= 4 is 29.2 Å². The highest BCUT2D eigenvalue weighted by Crippen LogP contribution is 2.39. The number of fused-ring (bicyclic) bond motifs is 1. The van der Waals surface area contributed by atoms with Gasteiger partial charge in [-0.15, -0.1) is 0 Å². The van der Waals surface area contributed by atoms with Crippen LogP contribution in [-0.4, -0.2) is 21.7 Å². The maximum atomic E-state index is 13.6. The molecule has 0 bridgehead atoms. The third-order valence-corrected chi connectivity index (χ3v) is 5.72. The van der Waals surface area contributed by atoms with Gasteiger partial charge in [-0.1, -0.05) is 35.9 Å². The number of nitrogens with two attached hydrogens (primary N) is 2. The number of amides is 2.